The van der Waals surface area contributed by atoms with Gasteiger partial charge in [0.2, 0.25) is 0 Å². The standard InChI is InChI=1S/C21H14F2N4O2/c1-12-25-19-16(6-3-9-24-19)21(29)27(12)15-7-8-17(23)18(11-15)26-20(28)13-4-2-5-14(22)10-13/h2-11H,1H3,(H,26,28). The van der Waals surface area contributed by atoms with Gasteiger partial charge < -0.3 is 5.32 Å². The van der Waals surface area contributed by atoms with Gasteiger partial charge in [-0.1, -0.05) is 6.07 Å². The van der Waals surface area contributed by atoms with Crippen LogP contribution in [0.1, 0.15) is 16.2 Å². The number of hydrogen-bond acceptors (Lipinski definition) is 4. The summed E-state index contributed by atoms with van der Waals surface area (Å²) in [5.74, 6) is -1.59. The number of aromatic nitrogens is 3. The fourth-order valence-electron chi connectivity index (χ4n) is 3.00. The second-order valence-electron chi connectivity index (χ2n) is 6.30. The van der Waals surface area contributed by atoms with Crippen LogP contribution in [0, 0.1) is 18.6 Å². The lowest BCUT2D eigenvalue weighted by atomic mass is 10.2. The third-order valence-electron chi connectivity index (χ3n) is 4.35. The zero-order valence-electron chi connectivity index (χ0n) is 15.2. The molecule has 0 aliphatic heterocycles. The summed E-state index contributed by atoms with van der Waals surface area (Å²) in [4.78, 5) is 33.6. The van der Waals surface area contributed by atoms with Crippen LogP contribution >= 0.6 is 0 Å². The lowest BCUT2D eigenvalue weighted by molar-refractivity contribution is 0.102. The SMILES string of the molecule is Cc1nc2ncccc2c(=O)n1-c1ccc(F)c(NC(=O)c2cccc(F)c2)c1. The minimum Gasteiger partial charge on any atom is -0.319 e. The summed E-state index contributed by atoms with van der Waals surface area (Å²) >= 11 is 0. The van der Waals surface area contributed by atoms with Crippen LogP contribution < -0.4 is 10.9 Å². The summed E-state index contributed by atoms with van der Waals surface area (Å²) in [7, 11) is 0. The molecule has 2 heterocycles. The smallest absolute Gasteiger partial charge is 0.267 e. The van der Waals surface area contributed by atoms with Crippen molar-refractivity contribution in [2.24, 2.45) is 0 Å². The average molecular weight is 392 g/mol. The van der Waals surface area contributed by atoms with E-state index in [2.05, 4.69) is 15.3 Å². The van der Waals surface area contributed by atoms with Gasteiger partial charge in [-0.25, -0.2) is 18.7 Å². The molecule has 0 spiro atoms. The number of aryl methyl sites for hydroxylation is 1. The first-order valence-electron chi connectivity index (χ1n) is 8.65. The molecule has 0 aliphatic carbocycles. The quantitative estimate of drug-likeness (QED) is 0.578. The number of nitrogens with one attached hydrogen (secondary N) is 1. The number of amides is 1. The Labute approximate surface area is 163 Å². The molecule has 0 saturated heterocycles. The van der Waals surface area contributed by atoms with E-state index >= 15 is 0 Å². The molecule has 6 nitrogen and oxygen atoms in total. The average Bonchev–Trinajstić information content (AvgIpc) is 2.70. The highest BCUT2D eigenvalue weighted by atomic mass is 19.1. The van der Waals surface area contributed by atoms with Crippen molar-refractivity contribution in [3.63, 3.8) is 0 Å². The molecule has 1 amide bonds. The Balaban J connectivity index is 1.77. The molecule has 29 heavy (non-hydrogen) atoms. The molecule has 0 bridgehead atoms. The zero-order valence-corrected chi connectivity index (χ0v) is 15.2. The van der Waals surface area contributed by atoms with Crippen molar-refractivity contribution in [2.45, 2.75) is 6.92 Å². The predicted octanol–water partition coefficient (Wildman–Crippen LogP) is 3.62. The number of carbonyl (C=O) groups is 1. The summed E-state index contributed by atoms with van der Waals surface area (Å²) in [5.41, 5.74) is 0.167. The molecule has 8 heteroatoms. The van der Waals surface area contributed by atoms with Crippen molar-refractivity contribution < 1.29 is 13.6 Å². The Morgan fingerprint density at radius 1 is 1.07 bits per heavy atom. The van der Waals surface area contributed by atoms with Gasteiger partial charge in [0, 0.05) is 11.8 Å². The first-order valence-corrected chi connectivity index (χ1v) is 8.65. The number of pyridine rings is 1. The molecule has 0 unspecified atom stereocenters. The molecule has 0 radical (unpaired) electrons. The zero-order chi connectivity index (χ0) is 20.5. The minimum absolute atomic E-state index is 0.0431. The van der Waals surface area contributed by atoms with E-state index in [4.69, 9.17) is 0 Å². The number of carbonyl (C=O) groups excluding carboxylic acids is 1. The molecule has 2 aromatic carbocycles. The maximum absolute atomic E-state index is 14.3. The van der Waals surface area contributed by atoms with E-state index in [0.717, 1.165) is 12.1 Å². The first-order chi connectivity index (χ1) is 13.9. The van der Waals surface area contributed by atoms with Crippen LogP contribution in [0.2, 0.25) is 0 Å². The van der Waals surface area contributed by atoms with E-state index in [1.54, 1.807) is 19.1 Å². The van der Waals surface area contributed by atoms with E-state index in [9.17, 15) is 18.4 Å². The van der Waals surface area contributed by atoms with E-state index in [0.29, 0.717) is 22.5 Å². The van der Waals surface area contributed by atoms with Gasteiger partial charge in [0.15, 0.2) is 5.65 Å². The molecule has 0 atom stereocenters. The van der Waals surface area contributed by atoms with E-state index in [1.165, 1.54) is 41.1 Å². The maximum atomic E-state index is 14.3. The number of rotatable bonds is 3. The number of anilines is 1. The highest BCUT2D eigenvalue weighted by Crippen LogP contribution is 2.20. The van der Waals surface area contributed by atoms with Gasteiger partial charge in [0.05, 0.1) is 16.8 Å². The van der Waals surface area contributed by atoms with Gasteiger partial charge >= 0.3 is 0 Å². The highest BCUT2D eigenvalue weighted by Gasteiger charge is 2.15. The van der Waals surface area contributed by atoms with Crippen LogP contribution in [0.25, 0.3) is 16.7 Å². The molecular weight excluding hydrogens is 378 g/mol. The van der Waals surface area contributed by atoms with Crippen molar-refractivity contribution >= 4 is 22.6 Å². The Hall–Kier alpha value is -3.94. The first kappa shape index (κ1) is 18.4. The van der Waals surface area contributed by atoms with Crippen molar-refractivity contribution in [3.8, 4) is 5.69 Å². The van der Waals surface area contributed by atoms with Gasteiger partial charge in [-0.2, -0.15) is 0 Å². The lowest BCUT2D eigenvalue weighted by Gasteiger charge is -2.13. The van der Waals surface area contributed by atoms with Crippen LogP contribution in [-0.4, -0.2) is 20.4 Å². The van der Waals surface area contributed by atoms with Crippen LogP contribution in [0.3, 0.4) is 0 Å². The minimum atomic E-state index is -0.695. The van der Waals surface area contributed by atoms with Gasteiger partial charge in [-0.05, 0) is 55.5 Å². The van der Waals surface area contributed by atoms with Crippen LogP contribution in [0.4, 0.5) is 14.5 Å². The molecular formula is C21H14F2N4O2. The third-order valence-corrected chi connectivity index (χ3v) is 4.35. The van der Waals surface area contributed by atoms with Gasteiger partial charge in [0.1, 0.15) is 17.5 Å². The van der Waals surface area contributed by atoms with Crippen LogP contribution in [0.5, 0.6) is 0 Å². The Morgan fingerprint density at radius 3 is 2.69 bits per heavy atom. The molecule has 0 saturated carbocycles. The Morgan fingerprint density at radius 2 is 1.90 bits per heavy atom. The van der Waals surface area contributed by atoms with Gasteiger partial charge in [-0.15, -0.1) is 0 Å². The monoisotopic (exact) mass is 392 g/mol. The van der Waals surface area contributed by atoms with Crippen molar-refractivity contribution in [2.75, 3.05) is 5.32 Å². The molecule has 0 aliphatic rings. The van der Waals surface area contributed by atoms with Crippen LogP contribution in [0.15, 0.2) is 65.6 Å². The fraction of sp³-hybridized carbons (Fsp3) is 0.0476. The number of halogens is 2. The molecule has 4 aromatic rings. The van der Waals surface area contributed by atoms with Crippen LogP contribution in [-0.2, 0) is 0 Å². The van der Waals surface area contributed by atoms with E-state index < -0.39 is 17.5 Å². The summed E-state index contributed by atoms with van der Waals surface area (Å²) in [6.45, 7) is 1.63. The molecule has 4 rings (SSSR count). The van der Waals surface area contributed by atoms with E-state index in [-0.39, 0.29) is 16.8 Å². The van der Waals surface area contributed by atoms with Crippen molar-refractivity contribution in [1.29, 1.82) is 0 Å². The lowest BCUT2D eigenvalue weighted by Crippen LogP contribution is -2.23. The normalized spacial score (nSPS) is 10.9. The second kappa shape index (κ2) is 7.23. The fourth-order valence-corrected chi connectivity index (χ4v) is 3.00. The molecule has 144 valence electrons. The second-order valence-corrected chi connectivity index (χ2v) is 6.30. The third kappa shape index (κ3) is 3.47. The van der Waals surface area contributed by atoms with Crippen molar-refractivity contribution in [1.82, 2.24) is 14.5 Å². The summed E-state index contributed by atoms with van der Waals surface area (Å²) < 4.78 is 28.9. The summed E-state index contributed by atoms with van der Waals surface area (Å²) in [5, 5.41) is 2.72. The number of fused-ring (bicyclic) bond motifs is 1. The summed E-state index contributed by atoms with van der Waals surface area (Å²) in [6, 6.07) is 12.1. The van der Waals surface area contributed by atoms with Gasteiger partial charge in [-0.3, -0.25) is 14.2 Å². The number of nitrogens with zero attached hydrogens (tertiary/aromatic N) is 3. The topological polar surface area (TPSA) is 76.9 Å². The number of benzene rings is 2. The summed E-state index contributed by atoms with van der Waals surface area (Å²) in [6.07, 6.45) is 1.54. The molecule has 1 N–H and O–H groups in total. The maximum Gasteiger partial charge on any atom is 0.267 e. The van der Waals surface area contributed by atoms with E-state index in [1.807, 2.05) is 0 Å². The molecule has 0 fully saturated rings. The Bertz CT molecular complexity index is 1320. The molecule has 2 aromatic heterocycles. The number of hydrogen-bond donors (Lipinski definition) is 1. The van der Waals surface area contributed by atoms with Gasteiger partial charge in [0.25, 0.3) is 11.5 Å². The Kier molecular flexibility index (Phi) is 4.59. The van der Waals surface area contributed by atoms with Crippen molar-refractivity contribution in [3.05, 3.63) is 94.2 Å². The predicted molar refractivity (Wildman–Crippen MR) is 104 cm³/mol. The largest absolute Gasteiger partial charge is 0.319 e. The highest BCUT2D eigenvalue weighted by molar-refractivity contribution is 6.04.